The van der Waals surface area contributed by atoms with Crippen molar-refractivity contribution in [2.45, 2.75) is 33.1 Å². The number of carboxylic acid groups (broad SMARTS) is 1. The third-order valence-corrected chi connectivity index (χ3v) is 7.19. The van der Waals surface area contributed by atoms with E-state index in [0.717, 1.165) is 34.2 Å². The highest BCUT2D eigenvalue weighted by molar-refractivity contribution is 5.80. The van der Waals surface area contributed by atoms with Gasteiger partial charge in [-0.1, -0.05) is 48.5 Å². The van der Waals surface area contributed by atoms with E-state index < -0.39 is 11.8 Å². The molecule has 0 bridgehead atoms. The smallest absolute Gasteiger partial charge is 0.307 e. The van der Waals surface area contributed by atoms with Gasteiger partial charge in [-0.15, -0.1) is 0 Å². The Hall–Kier alpha value is -4.52. The fourth-order valence-corrected chi connectivity index (χ4v) is 5.33. The number of halogens is 1. The average Bonchev–Trinajstić information content (AvgIpc) is 3.35. The van der Waals surface area contributed by atoms with Gasteiger partial charge in [0, 0.05) is 34.0 Å². The summed E-state index contributed by atoms with van der Waals surface area (Å²) < 4.78 is 22.6. The molecule has 3 aromatic carbocycles. The summed E-state index contributed by atoms with van der Waals surface area (Å²) in [6.07, 6.45) is 1.24. The van der Waals surface area contributed by atoms with Crippen LogP contribution in [0.2, 0.25) is 0 Å². The van der Waals surface area contributed by atoms with Crippen molar-refractivity contribution in [3.8, 4) is 39.4 Å². The second kappa shape index (κ2) is 9.41. The molecule has 7 heteroatoms. The van der Waals surface area contributed by atoms with Gasteiger partial charge in [0.1, 0.15) is 0 Å². The maximum Gasteiger partial charge on any atom is 0.307 e. The fraction of sp³-hybridized carbons (Fsp3) is 0.194. The topological polar surface area (TPSA) is 76.7 Å². The van der Waals surface area contributed by atoms with E-state index in [2.05, 4.69) is 24.3 Å². The van der Waals surface area contributed by atoms with Crippen LogP contribution >= 0.6 is 0 Å². The number of carboxylic acids is 1. The van der Waals surface area contributed by atoms with Crippen molar-refractivity contribution in [3.05, 3.63) is 94.9 Å². The molecule has 0 amide bonds. The summed E-state index contributed by atoms with van der Waals surface area (Å²) in [5.74, 6) is -1.15. The highest BCUT2D eigenvalue weighted by Gasteiger charge is 2.26. The molecule has 1 aliphatic rings. The van der Waals surface area contributed by atoms with E-state index in [1.807, 2.05) is 43.3 Å². The largest absolute Gasteiger partial charge is 0.490 e. The SMILES string of the molecule is Cc1nc2cc(-c3cccc(-c4ccccc4)c3)nn2c(-c2cc(F)c3c(c2C)CCCO3)c1CC(=O)O. The van der Waals surface area contributed by atoms with Gasteiger partial charge in [0.15, 0.2) is 17.2 Å². The Balaban J connectivity index is 1.58. The summed E-state index contributed by atoms with van der Waals surface area (Å²) in [6.45, 7) is 4.20. The quantitative estimate of drug-likeness (QED) is 0.296. The van der Waals surface area contributed by atoms with Crippen molar-refractivity contribution in [2.75, 3.05) is 6.61 Å². The molecule has 2 aromatic heterocycles. The third kappa shape index (κ3) is 4.10. The number of benzene rings is 3. The number of hydrogen-bond acceptors (Lipinski definition) is 4. The number of rotatable bonds is 5. The number of hydrogen-bond donors (Lipinski definition) is 1. The minimum Gasteiger partial charge on any atom is -0.490 e. The van der Waals surface area contributed by atoms with Gasteiger partial charge in [0.25, 0.3) is 0 Å². The zero-order valence-corrected chi connectivity index (χ0v) is 21.2. The predicted molar refractivity (Wildman–Crippen MR) is 144 cm³/mol. The molecule has 0 spiro atoms. The minimum atomic E-state index is -0.988. The third-order valence-electron chi connectivity index (χ3n) is 7.19. The molecule has 0 unspecified atom stereocenters. The second-order valence-corrected chi connectivity index (χ2v) is 9.63. The van der Waals surface area contributed by atoms with Crippen LogP contribution < -0.4 is 4.74 Å². The summed E-state index contributed by atoms with van der Waals surface area (Å²) in [5.41, 5.74) is 8.25. The molecule has 0 aliphatic carbocycles. The Morgan fingerprint density at radius 2 is 1.79 bits per heavy atom. The Kier molecular flexibility index (Phi) is 5.91. The van der Waals surface area contributed by atoms with E-state index in [9.17, 15) is 9.90 Å². The molecule has 5 aromatic rings. The van der Waals surface area contributed by atoms with Gasteiger partial charge in [0.05, 0.1) is 24.4 Å². The molecule has 0 radical (unpaired) electrons. The van der Waals surface area contributed by atoms with Crippen molar-refractivity contribution >= 4 is 11.6 Å². The summed E-state index contributed by atoms with van der Waals surface area (Å²) in [7, 11) is 0. The summed E-state index contributed by atoms with van der Waals surface area (Å²) >= 11 is 0. The van der Waals surface area contributed by atoms with Gasteiger partial charge >= 0.3 is 5.97 Å². The molecule has 0 saturated carbocycles. The van der Waals surface area contributed by atoms with Crippen LogP contribution in [0.1, 0.15) is 28.8 Å². The van der Waals surface area contributed by atoms with E-state index in [-0.39, 0.29) is 12.2 Å². The Morgan fingerprint density at radius 1 is 1.03 bits per heavy atom. The highest BCUT2D eigenvalue weighted by atomic mass is 19.1. The molecular weight excluding hydrogens is 481 g/mol. The molecule has 190 valence electrons. The van der Waals surface area contributed by atoms with Gasteiger partial charge in [-0.3, -0.25) is 4.79 Å². The molecule has 38 heavy (non-hydrogen) atoms. The van der Waals surface area contributed by atoms with Crippen LogP contribution in [0.4, 0.5) is 4.39 Å². The van der Waals surface area contributed by atoms with E-state index >= 15 is 4.39 Å². The zero-order valence-electron chi connectivity index (χ0n) is 21.2. The first-order chi connectivity index (χ1) is 18.4. The molecule has 0 saturated heterocycles. The first kappa shape index (κ1) is 23.9. The molecule has 6 rings (SSSR count). The molecule has 1 N–H and O–H groups in total. The first-order valence-electron chi connectivity index (χ1n) is 12.6. The molecule has 6 nitrogen and oxygen atoms in total. The Bertz CT molecular complexity index is 1710. The van der Waals surface area contributed by atoms with Crippen LogP contribution in [-0.2, 0) is 17.6 Å². The lowest BCUT2D eigenvalue weighted by Gasteiger charge is -2.23. The lowest BCUT2D eigenvalue weighted by molar-refractivity contribution is -0.136. The van der Waals surface area contributed by atoms with Crippen LogP contribution in [0.15, 0.2) is 66.7 Å². The Labute approximate surface area is 219 Å². The average molecular weight is 508 g/mol. The number of aliphatic carboxylic acids is 1. The fourth-order valence-electron chi connectivity index (χ4n) is 5.33. The van der Waals surface area contributed by atoms with Crippen LogP contribution in [-0.4, -0.2) is 32.3 Å². The van der Waals surface area contributed by atoms with E-state index in [0.29, 0.717) is 46.9 Å². The van der Waals surface area contributed by atoms with Crippen molar-refractivity contribution in [1.29, 1.82) is 0 Å². The number of nitrogens with zero attached hydrogens (tertiary/aromatic N) is 3. The maximum atomic E-state index is 15.3. The standard InChI is InChI=1S/C31H26FN3O3/c1-18-23-12-7-13-38-31(23)26(32)15-24(18)30-25(16-29(36)37)19(2)33-28-17-27(34-35(28)30)22-11-6-10-21(14-22)20-8-4-3-5-9-20/h3-6,8-11,14-15,17H,7,12-13,16H2,1-2H3,(H,36,37). The van der Waals surface area contributed by atoms with E-state index in [1.54, 1.807) is 11.4 Å². The van der Waals surface area contributed by atoms with Gasteiger partial charge in [0.2, 0.25) is 0 Å². The molecule has 1 aliphatic heterocycles. The van der Waals surface area contributed by atoms with Crippen LogP contribution in [0.25, 0.3) is 39.3 Å². The monoisotopic (exact) mass is 507 g/mol. The molecule has 0 atom stereocenters. The summed E-state index contributed by atoms with van der Waals surface area (Å²) in [4.78, 5) is 16.6. The number of aromatic nitrogens is 3. The molecular formula is C31H26FN3O3. The summed E-state index contributed by atoms with van der Waals surface area (Å²) in [6, 6.07) is 21.5. The zero-order chi connectivity index (χ0) is 26.4. The number of aryl methyl sites for hydroxylation is 1. The van der Waals surface area contributed by atoms with Gasteiger partial charge < -0.3 is 9.84 Å². The normalized spacial score (nSPS) is 12.8. The lowest BCUT2D eigenvalue weighted by Crippen LogP contribution is -2.14. The first-order valence-corrected chi connectivity index (χ1v) is 12.6. The lowest BCUT2D eigenvalue weighted by atomic mass is 9.91. The molecule has 0 fully saturated rings. The van der Waals surface area contributed by atoms with Crippen molar-refractivity contribution in [1.82, 2.24) is 14.6 Å². The van der Waals surface area contributed by atoms with Gasteiger partial charge in [-0.05, 0) is 55.5 Å². The van der Waals surface area contributed by atoms with Crippen LogP contribution in [0.5, 0.6) is 5.75 Å². The maximum absolute atomic E-state index is 15.3. The Morgan fingerprint density at radius 3 is 2.58 bits per heavy atom. The molecule has 3 heterocycles. The number of carbonyl (C=O) groups is 1. The number of ether oxygens (including phenoxy) is 1. The second-order valence-electron chi connectivity index (χ2n) is 9.63. The van der Waals surface area contributed by atoms with E-state index in [1.165, 1.54) is 6.07 Å². The van der Waals surface area contributed by atoms with Crippen molar-refractivity contribution < 1.29 is 19.0 Å². The van der Waals surface area contributed by atoms with Gasteiger partial charge in [-0.2, -0.15) is 5.10 Å². The van der Waals surface area contributed by atoms with E-state index in [4.69, 9.17) is 14.8 Å². The summed E-state index contributed by atoms with van der Waals surface area (Å²) in [5, 5.41) is 14.6. The highest BCUT2D eigenvalue weighted by Crippen LogP contribution is 2.39. The predicted octanol–water partition coefficient (Wildman–Crippen LogP) is 6.44. The minimum absolute atomic E-state index is 0.253. The van der Waals surface area contributed by atoms with Gasteiger partial charge in [-0.25, -0.2) is 13.9 Å². The van der Waals surface area contributed by atoms with Crippen LogP contribution in [0, 0.1) is 19.7 Å². The van der Waals surface area contributed by atoms with Crippen molar-refractivity contribution in [3.63, 3.8) is 0 Å². The van der Waals surface area contributed by atoms with Crippen LogP contribution in [0.3, 0.4) is 0 Å². The van der Waals surface area contributed by atoms with Crippen molar-refractivity contribution in [2.24, 2.45) is 0 Å². The number of fused-ring (bicyclic) bond motifs is 2.